The maximum absolute atomic E-state index is 13.9. The average Bonchev–Trinajstić information content (AvgIpc) is 2.93. The van der Waals surface area contributed by atoms with Crippen molar-refractivity contribution in [2.75, 3.05) is 6.61 Å². The van der Waals surface area contributed by atoms with Gasteiger partial charge in [-0.1, -0.05) is 26.0 Å². The van der Waals surface area contributed by atoms with Gasteiger partial charge in [0, 0.05) is 0 Å². The molecule has 0 unspecified atom stereocenters. The SMILES string of the molecule is CC(C)COC(=O)c1c(F)ncn1[C@H](C)c1ccc(C(F)(F)F)cc1. The van der Waals surface area contributed by atoms with Gasteiger partial charge < -0.3 is 9.30 Å². The number of imidazole rings is 1. The molecule has 2 rings (SSSR count). The molecule has 0 aliphatic heterocycles. The van der Waals surface area contributed by atoms with Crippen molar-refractivity contribution in [3.8, 4) is 0 Å². The number of nitrogens with zero attached hydrogens (tertiary/aromatic N) is 2. The minimum absolute atomic E-state index is 0.0794. The number of carbonyl (C=O) groups is 1. The third-order valence-electron chi connectivity index (χ3n) is 3.63. The van der Waals surface area contributed by atoms with E-state index in [0.29, 0.717) is 5.56 Å². The van der Waals surface area contributed by atoms with Gasteiger partial charge in [-0.3, -0.25) is 0 Å². The Bertz CT molecular complexity index is 736. The van der Waals surface area contributed by atoms with Crippen molar-refractivity contribution < 1.29 is 27.1 Å². The molecule has 0 saturated carbocycles. The number of hydrogen-bond acceptors (Lipinski definition) is 3. The monoisotopic (exact) mass is 358 g/mol. The lowest BCUT2D eigenvalue weighted by Crippen LogP contribution is -2.18. The van der Waals surface area contributed by atoms with Gasteiger partial charge in [-0.15, -0.1) is 0 Å². The van der Waals surface area contributed by atoms with Crippen LogP contribution in [0.2, 0.25) is 0 Å². The fraction of sp³-hybridized carbons (Fsp3) is 0.412. The van der Waals surface area contributed by atoms with Crippen LogP contribution in [0, 0.1) is 11.9 Å². The minimum Gasteiger partial charge on any atom is -0.461 e. The molecular weight excluding hydrogens is 340 g/mol. The lowest BCUT2D eigenvalue weighted by Gasteiger charge is -2.17. The zero-order valence-corrected chi connectivity index (χ0v) is 14.0. The lowest BCUT2D eigenvalue weighted by atomic mass is 10.1. The van der Waals surface area contributed by atoms with Crippen LogP contribution in [0.15, 0.2) is 30.6 Å². The van der Waals surface area contributed by atoms with Crippen molar-refractivity contribution in [3.63, 3.8) is 0 Å². The molecule has 1 aromatic heterocycles. The third-order valence-corrected chi connectivity index (χ3v) is 3.63. The molecule has 0 N–H and O–H groups in total. The number of hydrogen-bond donors (Lipinski definition) is 0. The van der Waals surface area contributed by atoms with Crippen LogP contribution in [0.3, 0.4) is 0 Å². The summed E-state index contributed by atoms with van der Waals surface area (Å²) in [6.07, 6.45) is -3.31. The molecule has 0 saturated heterocycles. The minimum atomic E-state index is -4.44. The van der Waals surface area contributed by atoms with E-state index in [2.05, 4.69) is 4.98 Å². The fourth-order valence-electron chi connectivity index (χ4n) is 2.24. The molecule has 0 radical (unpaired) electrons. The summed E-state index contributed by atoms with van der Waals surface area (Å²) in [7, 11) is 0. The van der Waals surface area contributed by atoms with Crippen molar-refractivity contribution >= 4 is 5.97 Å². The molecule has 0 fully saturated rings. The summed E-state index contributed by atoms with van der Waals surface area (Å²) in [6.45, 7) is 5.43. The standard InChI is InChI=1S/C17H18F4N2O2/c1-10(2)8-25-16(24)14-15(18)22-9-23(14)11(3)12-4-6-13(7-5-12)17(19,20)21/h4-7,9-11H,8H2,1-3H3/t11-/m1/s1. The summed E-state index contributed by atoms with van der Waals surface area (Å²) in [5, 5.41) is 0. The molecule has 25 heavy (non-hydrogen) atoms. The Morgan fingerprint density at radius 3 is 2.32 bits per heavy atom. The molecule has 4 nitrogen and oxygen atoms in total. The van der Waals surface area contributed by atoms with Gasteiger partial charge in [0.1, 0.15) is 0 Å². The van der Waals surface area contributed by atoms with Gasteiger partial charge in [0.05, 0.1) is 24.5 Å². The van der Waals surface area contributed by atoms with Gasteiger partial charge in [0.25, 0.3) is 0 Å². The van der Waals surface area contributed by atoms with Crippen LogP contribution in [-0.2, 0) is 10.9 Å². The molecule has 1 atom stereocenters. The van der Waals surface area contributed by atoms with Crippen LogP contribution >= 0.6 is 0 Å². The van der Waals surface area contributed by atoms with Crippen LogP contribution in [0.5, 0.6) is 0 Å². The molecule has 0 spiro atoms. The number of ether oxygens (including phenoxy) is 1. The van der Waals surface area contributed by atoms with E-state index >= 15 is 0 Å². The number of carbonyl (C=O) groups excluding carboxylic acids is 1. The second-order valence-corrected chi connectivity index (χ2v) is 6.08. The van der Waals surface area contributed by atoms with Crippen molar-refractivity contribution in [2.45, 2.75) is 33.0 Å². The Balaban J connectivity index is 2.28. The third kappa shape index (κ3) is 4.37. The van der Waals surface area contributed by atoms with E-state index in [9.17, 15) is 22.4 Å². The van der Waals surface area contributed by atoms with E-state index in [4.69, 9.17) is 4.74 Å². The van der Waals surface area contributed by atoms with E-state index in [0.717, 1.165) is 18.5 Å². The van der Waals surface area contributed by atoms with Gasteiger partial charge >= 0.3 is 12.1 Å². The van der Waals surface area contributed by atoms with Crippen LogP contribution in [0.1, 0.15) is 48.4 Å². The molecule has 2 aromatic rings. The maximum atomic E-state index is 13.9. The van der Waals surface area contributed by atoms with E-state index < -0.39 is 29.7 Å². The summed E-state index contributed by atoms with van der Waals surface area (Å²) in [6, 6.07) is 3.86. The van der Waals surface area contributed by atoms with E-state index in [1.54, 1.807) is 6.92 Å². The van der Waals surface area contributed by atoms with E-state index in [1.165, 1.54) is 16.7 Å². The van der Waals surface area contributed by atoms with E-state index in [1.807, 2.05) is 13.8 Å². The molecule has 1 aromatic carbocycles. The Labute approximate surface area is 142 Å². The highest BCUT2D eigenvalue weighted by molar-refractivity contribution is 5.87. The fourth-order valence-corrected chi connectivity index (χ4v) is 2.24. The number of aromatic nitrogens is 2. The average molecular weight is 358 g/mol. The number of halogens is 4. The Morgan fingerprint density at radius 1 is 1.20 bits per heavy atom. The molecule has 0 amide bonds. The van der Waals surface area contributed by atoms with Gasteiger partial charge in [-0.25, -0.2) is 9.78 Å². The summed E-state index contributed by atoms with van der Waals surface area (Å²) in [5.41, 5.74) is -0.659. The summed E-state index contributed by atoms with van der Waals surface area (Å²) in [5.74, 6) is -1.76. The second kappa shape index (κ2) is 7.25. The predicted molar refractivity (Wildman–Crippen MR) is 82.6 cm³/mol. The second-order valence-electron chi connectivity index (χ2n) is 6.08. The molecule has 8 heteroatoms. The smallest absolute Gasteiger partial charge is 0.416 e. The number of esters is 1. The first-order valence-electron chi connectivity index (χ1n) is 7.68. The van der Waals surface area contributed by atoms with Crippen molar-refractivity contribution in [2.24, 2.45) is 5.92 Å². The molecular formula is C17H18F4N2O2. The highest BCUT2D eigenvalue weighted by Gasteiger charge is 2.30. The largest absolute Gasteiger partial charge is 0.461 e. The predicted octanol–water partition coefficient (Wildman–Crippen LogP) is 4.46. The number of alkyl halides is 3. The number of rotatable bonds is 5. The molecule has 1 heterocycles. The van der Waals surface area contributed by atoms with E-state index in [-0.39, 0.29) is 18.2 Å². The highest BCUT2D eigenvalue weighted by atomic mass is 19.4. The van der Waals surface area contributed by atoms with Crippen molar-refractivity contribution in [1.82, 2.24) is 9.55 Å². The Hall–Kier alpha value is -2.38. The first-order chi connectivity index (χ1) is 11.6. The van der Waals surface area contributed by atoms with Gasteiger partial charge in [0.2, 0.25) is 5.95 Å². The maximum Gasteiger partial charge on any atom is 0.416 e. The summed E-state index contributed by atoms with van der Waals surface area (Å²) < 4.78 is 58.1. The quantitative estimate of drug-likeness (QED) is 0.585. The Kier molecular flexibility index (Phi) is 5.49. The number of benzene rings is 1. The summed E-state index contributed by atoms with van der Waals surface area (Å²) >= 11 is 0. The molecule has 0 aliphatic carbocycles. The van der Waals surface area contributed by atoms with Crippen LogP contribution in [0.4, 0.5) is 17.6 Å². The molecule has 0 aliphatic rings. The van der Waals surface area contributed by atoms with Crippen molar-refractivity contribution in [3.05, 3.63) is 53.4 Å². The zero-order chi connectivity index (χ0) is 18.8. The van der Waals surface area contributed by atoms with Crippen LogP contribution in [-0.4, -0.2) is 22.1 Å². The zero-order valence-electron chi connectivity index (χ0n) is 14.0. The summed E-state index contributed by atoms with van der Waals surface area (Å²) in [4.78, 5) is 15.6. The lowest BCUT2D eigenvalue weighted by molar-refractivity contribution is -0.137. The van der Waals surface area contributed by atoms with Crippen LogP contribution < -0.4 is 0 Å². The van der Waals surface area contributed by atoms with Crippen molar-refractivity contribution in [1.29, 1.82) is 0 Å². The topological polar surface area (TPSA) is 44.1 Å². The molecule has 0 bridgehead atoms. The first-order valence-corrected chi connectivity index (χ1v) is 7.68. The van der Waals surface area contributed by atoms with Crippen LogP contribution in [0.25, 0.3) is 0 Å². The van der Waals surface area contributed by atoms with Gasteiger partial charge in [0.15, 0.2) is 5.69 Å². The molecule has 136 valence electrons. The normalized spacial score (nSPS) is 13.1. The van der Waals surface area contributed by atoms with Gasteiger partial charge in [-0.2, -0.15) is 17.6 Å². The van der Waals surface area contributed by atoms with Gasteiger partial charge in [-0.05, 0) is 30.5 Å². The first kappa shape index (κ1) is 19.0. The Morgan fingerprint density at radius 2 is 1.80 bits per heavy atom. The highest BCUT2D eigenvalue weighted by Crippen LogP contribution is 2.30.